The lowest BCUT2D eigenvalue weighted by atomic mass is 10.1. The second-order valence-electron chi connectivity index (χ2n) is 5.11. The number of nitrogens with one attached hydrogen (secondary N) is 3. The van der Waals surface area contributed by atoms with Gasteiger partial charge < -0.3 is 16.0 Å². The zero-order valence-corrected chi connectivity index (χ0v) is 13.2. The molecule has 3 N–H and O–H groups in total. The molecule has 0 bridgehead atoms. The highest BCUT2D eigenvalue weighted by molar-refractivity contribution is 9.10. The van der Waals surface area contributed by atoms with E-state index in [1.807, 2.05) is 30.3 Å². The molecule has 1 atom stereocenters. The van der Waals surface area contributed by atoms with Crippen LogP contribution in [0.4, 0.5) is 17.3 Å². The maximum atomic E-state index is 4.29. The third-order valence-electron chi connectivity index (χ3n) is 3.41. The molecule has 5 nitrogen and oxygen atoms in total. The van der Waals surface area contributed by atoms with Gasteiger partial charge in [-0.05, 0) is 37.6 Å². The molecule has 1 aliphatic rings. The molecule has 1 aromatic heterocycles. The highest BCUT2D eigenvalue weighted by Gasteiger charge is 2.13. The third kappa shape index (κ3) is 4.15. The Balaban J connectivity index is 1.67. The van der Waals surface area contributed by atoms with Gasteiger partial charge >= 0.3 is 0 Å². The van der Waals surface area contributed by atoms with Crippen molar-refractivity contribution in [3.05, 3.63) is 41.1 Å². The molecule has 1 aliphatic heterocycles. The number of anilines is 3. The van der Waals surface area contributed by atoms with Crippen molar-refractivity contribution in [3.8, 4) is 0 Å². The van der Waals surface area contributed by atoms with Crippen molar-refractivity contribution in [2.75, 3.05) is 23.7 Å². The summed E-state index contributed by atoms with van der Waals surface area (Å²) in [4.78, 5) is 8.56. The zero-order chi connectivity index (χ0) is 14.5. The summed E-state index contributed by atoms with van der Waals surface area (Å²) in [5.41, 5.74) is 0.994. The van der Waals surface area contributed by atoms with Crippen LogP contribution in [0.5, 0.6) is 0 Å². The molecule has 3 rings (SSSR count). The molecule has 2 aromatic rings. The Labute approximate surface area is 132 Å². The predicted molar refractivity (Wildman–Crippen MR) is 89.0 cm³/mol. The summed E-state index contributed by atoms with van der Waals surface area (Å²) in [6.07, 6.45) is 3.95. The first kappa shape index (κ1) is 14.3. The Morgan fingerprint density at radius 2 is 2.10 bits per heavy atom. The quantitative estimate of drug-likeness (QED) is 0.792. The average Bonchev–Trinajstić information content (AvgIpc) is 2.49. The topological polar surface area (TPSA) is 61.9 Å². The van der Waals surface area contributed by atoms with Gasteiger partial charge in [-0.15, -0.1) is 0 Å². The van der Waals surface area contributed by atoms with Gasteiger partial charge in [-0.1, -0.05) is 22.0 Å². The lowest BCUT2D eigenvalue weighted by molar-refractivity contribution is 0.479. The van der Waals surface area contributed by atoms with Gasteiger partial charge in [0.15, 0.2) is 0 Å². The molecule has 21 heavy (non-hydrogen) atoms. The SMILES string of the molecule is Brc1cccc(Nc2cc(NC3CCCNC3)ncn2)c1. The van der Waals surface area contributed by atoms with Crippen LogP contribution in [-0.2, 0) is 0 Å². The monoisotopic (exact) mass is 347 g/mol. The fourth-order valence-corrected chi connectivity index (χ4v) is 2.80. The highest BCUT2D eigenvalue weighted by atomic mass is 79.9. The Kier molecular flexibility index (Phi) is 4.67. The van der Waals surface area contributed by atoms with Gasteiger partial charge in [0, 0.05) is 28.8 Å². The van der Waals surface area contributed by atoms with E-state index in [0.717, 1.165) is 34.9 Å². The normalized spacial score (nSPS) is 18.2. The van der Waals surface area contributed by atoms with Crippen molar-refractivity contribution in [3.63, 3.8) is 0 Å². The molecule has 0 aliphatic carbocycles. The largest absolute Gasteiger partial charge is 0.366 e. The molecular formula is C15H18BrN5. The summed E-state index contributed by atoms with van der Waals surface area (Å²) in [7, 11) is 0. The van der Waals surface area contributed by atoms with Gasteiger partial charge in [0.2, 0.25) is 0 Å². The molecule has 1 saturated heterocycles. The van der Waals surface area contributed by atoms with Gasteiger partial charge in [0.05, 0.1) is 0 Å². The van der Waals surface area contributed by atoms with Crippen LogP contribution in [0.15, 0.2) is 41.1 Å². The summed E-state index contributed by atoms with van der Waals surface area (Å²) >= 11 is 3.46. The zero-order valence-electron chi connectivity index (χ0n) is 11.6. The van der Waals surface area contributed by atoms with Crippen LogP contribution >= 0.6 is 15.9 Å². The van der Waals surface area contributed by atoms with Crippen molar-refractivity contribution < 1.29 is 0 Å². The third-order valence-corrected chi connectivity index (χ3v) is 3.91. The molecule has 1 unspecified atom stereocenters. The molecule has 0 saturated carbocycles. The maximum Gasteiger partial charge on any atom is 0.135 e. The number of nitrogens with zero attached hydrogens (tertiary/aromatic N) is 2. The standard InChI is InChI=1S/C15H18BrN5/c16-11-3-1-4-12(7-11)20-14-8-15(19-10-18-14)21-13-5-2-6-17-9-13/h1,3-4,7-8,10,13,17H,2,5-6,9H2,(H2,18,19,20,21). The molecule has 0 amide bonds. The van der Waals surface area contributed by atoms with E-state index in [9.17, 15) is 0 Å². The summed E-state index contributed by atoms with van der Waals surface area (Å²) in [6.45, 7) is 2.09. The highest BCUT2D eigenvalue weighted by Crippen LogP contribution is 2.20. The number of halogens is 1. The Morgan fingerprint density at radius 3 is 2.90 bits per heavy atom. The minimum atomic E-state index is 0.437. The number of hydrogen-bond acceptors (Lipinski definition) is 5. The van der Waals surface area contributed by atoms with Crippen LogP contribution in [0.2, 0.25) is 0 Å². The first-order valence-corrected chi connectivity index (χ1v) is 7.91. The summed E-state index contributed by atoms with van der Waals surface area (Å²) in [6, 6.07) is 10.4. The molecule has 110 valence electrons. The van der Waals surface area contributed by atoms with E-state index in [4.69, 9.17) is 0 Å². The minimum absolute atomic E-state index is 0.437. The minimum Gasteiger partial charge on any atom is -0.366 e. The molecule has 0 spiro atoms. The smallest absolute Gasteiger partial charge is 0.135 e. The fourth-order valence-electron chi connectivity index (χ4n) is 2.40. The second-order valence-corrected chi connectivity index (χ2v) is 6.03. The molecular weight excluding hydrogens is 330 g/mol. The number of aromatic nitrogens is 2. The summed E-state index contributed by atoms with van der Waals surface area (Å²) in [5.74, 6) is 1.64. The van der Waals surface area contributed by atoms with Gasteiger partial charge in [0.25, 0.3) is 0 Å². The van der Waals surface area contributed by atoms with Crippen LogP contribution in [-0.4, -0.2) is 29.1 Å². The first-order chi connectivity index (χ1) is 10.3. The van der Waals surface area contributed by atoms with Gasteiger partial charge in [-0.3, -0.25) is 0 Å². The van der Waals surface area contributed by atoms with Crippen LogP contribution in [0, 0.1) is 0 Å². The molecule has 1 fully saturated rings. The van der Waals surface area contributed by atoms with Gasteiger partial charge in [0.1, 0.15) is 18.0 Å². The summed E-state index contributed by atoms with van der Waals surface area (Å²) in [5, 5.41) is 10.1. The number of rotatable bonds is 4. The Morgan fingerprint density at radius 1 is 1.19 bits per heavy atom. The molecule has 6 heteroatoms. The van der Waals surface area contributed by atoms with Crippen molar-refractivity contribution >= 4 is 33.3 Å². The predicted octanol–water partition coefficient (Wildman–Crippen LogP) is 3.15. The average molecular weight is 348 g/mol. The van der Waals surface area contributed by atoms with E-state index in [0.29, 0.717) is 6.04 Å². The first-order valence-electron chi connectivity index (χ1n) is 7.11. The van der Waals surface area contributed by atoms with Crippen LogP contribution in [0.1, 0.15) is 12.8 Å². The van der Waals surface area contributed by atoms with Gasteiger partial charge in [-0.25, -0.2) is 9.97 Å². The van der Waals surface area contributed by atoms with Crippen molar-refractivity contribution in [2.45, 2.75) is 18.9 Å². The second kappa shape index (κ2) is 6.87. The fraction of sp³-hybridized carbons (Fsp3) is 0.333. The lowest BCUT2D eigenvalue weighted by Gasteiger charge is -2.24. The van der Waals surface area contributed by atoms with Crippen molar-refractivity contribution in [1.82, 2.24) is 15.3 Å². The number of hydrogen-bond donors (Lipinski definition) is 3. The molecule has 2 heterocycles. The van der Waals surface area contributed by atoms with Crippen LogP contribution in [0.3, 0.4) is 0 Å². The Hall–Kier alpha value is -1.66. The van der Waals surface area contributed by atoms with E-state index in [-0.39, 0.29) is 0 Å². The van der Waals surface area contributed by atoms with Crippen molar-refractivity contribution in [2.24, 2.45) is 0 Å². The summed E-state index contributed by atoms with van der Waals surface area (Å²) < 4.78 is 1.04. The number of benzene rings is 1. The van der Waals surface area contributed by atoms with Gasteiger partial charge in [-0.2, -0.15) is 0 Å². The van der Waals surface area contributed by atoms with E-state index in [1.54, 1.807) is 6.33 Å². The van der Waals surface area contributed by atoms with Crippen LogP contribution in [0.25, 0.3) is 0 Å². The van der Waals surface area contributed by atoms with E-state index < -0.39 is 0 Å². The van der Waals surface area contributed by atoms with Crippen molar-refractivity contribution in [1.29, 1.82) is 0 Å². The van der Waals surface area contributed by atoms with E-state index >= 15 is 0 Å². The Bertz CT molecular complexity index is 598. The molecule has 0 radical (unpaired) electrons. The molecule has 1 aromatic carbocycles. The number of piperidine rings is 1. The lowest BCUT2D eigenvalue weighted by Crippen LogP contribution is -2.38. The maximum absolute atomic E-state index is 4.29. The van der Waals surface area contributed by atoms with E-state index in [2.05, 4.69) is 41.8 Å². The van der Waals surface area contributed by atoms with Crippen LogP contribution < -0.4 is 16.0 Å². The van der Waals surface area contributed by atoms with E-state index in [1.165, 1.54) is 12.8 Å².